The first-order valence-corrected chi connectivity index (χ1v) is 3.77. The molecule has 0 aromatic heterocycles. The third-order valence-electron chi connectivity index (χ3n) is 0.767. The number of carbonyl (C=O) groups excluding carboxylic acids is 1. The van der Waals surface area contributed by atoms with E-state index in [-0.39, 0.29) is 5.91 Å². The Kier molecular flexibility index (Phi) is 3.69. The second-order valence-electron chi connectivity index (χ2n) is 1.72. The zero-order valence-electron chi connectivity index (χ0n) is 5.47. The van der Waals surface area contributed by atoms with Crippen molar-refractivity contribution in [2.24, 2.45) is 0 Å². The second kappa shape index (κ2) is 3.78. The molecular weight excluding hydrogens is 122 g/mol. The number of amides is 1. The van der Waals surface area contributed by atoms with Gasteiger partial charge in [-0.3, -0.25) is 4.79 Å². The van der Waals surface area contributed by atoms with Crippen LogP contribution in [0.15, 0.2) is 0 Å². The van der Waals surface area contributed by atoms with E-state index in [1.165, 1.54) is 0 Å². The smallest absolute Gasteiger partial charge is 0.232 e. The van der Waals surface area contributed by atoms with E-state index < -0.39 is 0 Å². The summed E-state index contributed by atoms with van der Waals surface area (Å²) in [6.45, 7) is 0. The largest absolute Gasteiger partial charge is 0.348 e. The molecule has 0 spiro atoms. The molecular formula is C5H11NOS. The topological polar surface area (TPSA) is 20.3 Å². The van der Waals surface area contributed by atoms with Crippen LogP contribution in [-0.2, 0) is 4.79 Å². The van der Waals surface area contributed by atoms with Gasteiger partial charge in [-0.25, -0.2) is 0 Å². The van der Waals surface area contributed by atoms with Gasteiger partial charge in [0.2, 0.25) is 5.91 Å². The van der Waals surface area contributed by atoms with E-state index in [1.54, 1.807) is 30.8 Å². The molecule has 0 saturated heterocycles. The van der Waals surface area contributed by atoms with Crippen molar-refractivity contribution in [3.8, 4) is 0 Å². The van der Waals surface area contributed by atoms with Crippen molar-refractivity contribution in [1.82, 2.24) is 4.90 Å². The van der Waals surface area contributed by atoms with Gasteiger partial charge < -0.3 is 4.90 Å². The predicted octanol–water partition coefficient (Wildman–Crippen LogP) is 0.438. The molecule has 0 aromatic rings. The molecule has 0 aliphatic rings. The van der Waals surface area contributed by atoms with E-state index in [2.05, 4.69) is 0 Å². The van der Waals surface area contributed by atoms with Crippen LogP contribution in [0.1, 0.15) is 0 Å². The molecule has 0 radical (unpaired) electrons. The quantitative estimate of drug-likeness (QED) is 0.544. The first-order valence-electron chi connectivity index (χ1n) is 2.37. The van der Waals surface area contributed by atoms with Crippen LogP contribution in [-0.4, -0.2) is 36.9 Å². The van der Waals surface area contributed by atoms with E-state index in [4.69, 9.17) is 0 Å². The molecule has 2 nitrogen and oxygen atoms in total. The molecule has 1 amide bonds. The van der Waals surface area contributed by atoms with Gasteiger partial charge in [0.1, 0.15) is 0 Å². The van der Waals surface area contributed by atoms with Crippen LogP contribution in [0.5, 0.6) is 0 Å². The van der Waals surface area contributed by atoms with Gasteiger partial charge in [0.05, 0.1) is 5.75 Å². The summed E-state index contributed by atoms with van der Waals surface area (Å²) in [4.78, 5) is 12.2. The van der Waals surface area contributed by atoms with Gasteiger partial charge in [-0.05, 0) is 6.26 Å². The van der Waals surface area contributed by atoms with Crippen molar-refractivity contribution in [3.63, 3.8) is 0 Å². The Morgan fingerprint density at radius 3 is 2.25 bits per heavy atom. The van der Waals surface area contributed by atoms with Crippen molar-refractivity contribution in [2.75, 3.05) is 26.1 Å². The predicted molar refractivity (Wildman–Crippen MR) is 37.1 cm³/mol. The highest BCUT2D eigenvalue weighted by Gasteiger charge is 1.99. The zero-order chi connectivity index (χ0) is 6.57. The number of rotatable bonds is 2. The number of thioether (sulfide) groups is 1. The summed E-state index contributed by atoms with van der Waals surface area (Å²) < 4.78 is 0. The van der Waals surface area contributed by atoms with Crippen LogP contribution in [0, 0.1) is 0 Å². The lowest BCUT2D eigenvalue weighted by Gasteiger charge is -2.07. The van der Waals surface area contributed by atoms with Crippen LogP contribution < -0.4 is 0 Å². The average molecular weight is 133 g/mol. The minimum atomic E-state index is 0.178. The Bertz CT molecular complexity index is 82.5. The SMILES string of the molecule is CSCC(=O)N(C)C. The van der Waals surface area contributed by atoms with Crippen LogP contribution in [0.2, 0.25) is 0 Å². The monoisotopic (exact) mass is 133 g/mol. The molecule has 0 aliphatic heterocycles. The number of hydrogen-bond acceptors (Lipinski definition) is 2. The summed E-state index contributed by atoms with van der Waals surface area (Å²) in [5, 5.41) is 0. The van der Waals surface area contributed by atoms with E-state index in [0.29, 0.717) is 5.75 Å². The van der Waals surface area contributed by atoms with Gasteiger partial charge >= 0.3 is 0 Å². The minimum absolute atomic E-state index is 0.178. The van der Waals surface area contributed by atoms with Gasteiger partial charge in [-0.15, -0.1) is 0 Å². The number of nitrogens with zero attached hydrogens (tertiary/aromatic N) is 1. The Hall–Kier alpha value is -0.180. The first-order chi connectivity index (χ1) is 3.68. The fraction of sp³-hybridized carbons (Fsp3) is 0.800. The van der Waals surface area contributed by atoms with Gasteiger partial charge in [0.25, 0.3) is 0 Å². The highest BCUT2D eigenvalue weighted by molar-refractivity contribution is 7.99. The van der Waals surface area contributed by atoms with Gasteiger partial charge in [0.15, 0.2) is 0 Å². The molecule has 0 fully saturated rings. The highest BCUT2D eigenvalue weighted by atomic mass is 32.2. The maximum atomic E-state index is 10.6. The van der Waals surface area contributed by atoms with Gasteiger partial charge in [-0.1, -0.05) is 0 Å². The molecule has 0 N–H and O–H groups in total. The van der Waals surface area contributed by atoms with E-state index in [1.807, 2.05) is 6.26 Å². The maximum Gasteiger partial charge on any atom is 0.232 e. The molecule has 0 atom stereocenters. The molecule has 8 heavy (non-hydrogen) atoms. The van der Waals surface area contributed by atoms with Crippen LogP contribution in [0.25, 0.3) is 0 Å². The summed E-state index contributed by atoms with van der Waals surface area (Å²) in [7, 11) is 3.52. The van der Waals surface area contributed by atoms with Crippen molar-refractivity contribution >= 4 is 17.7 Å². The molecule has 0 heterocycles. The van der Waals surface area contributed by atoms with E-state index in [0.717, 1.165) is 0 Å². The van der Waals surface area contributed by atoms with Gasteiger partial charge in [-0.2, -0.15) is 11.8 Å². The highest BCUT2D eigenvalue weighted by Crippen LogP contribution is 1.92. The summed E-state index contributed by atoms with van der Waals surface area (Å²) >= 11 is 1.55. The molecule has 0 aromatic carbocycles. The summed E-state index contributed by atoms with van der Waals surface area (Å²) in [6.07, 6.45) is 1.92. The fourth-order valence-electron chi connectivity index (χ4n) is 0.253. The lowest BCUT2D eigenvalue weighted by atomic mass is 10.6. The Morgan fingerprint density at radius 2 is 2.12 bits per heavy atom. The first kappa shape index (κ1) is 7.82. The van der Waals surface area contributed by atoms with E-state index in [9.17, 15) is 4.79 Å². The zero-order valence-corrected chi connectivity index (χ0v) is 6.29. The summed E-state index contributed by atoms with van der Waals surface area (Å²) in [6, 6.07) is 0. The molecule has 48 valence electrons. The number of hydrogen-bond donors (Lipinski definition) is 0. The normalized spacial score (nSPS) is 8.88. The summed E-state index contributed by atoms with van der Waals surface area (Å²) in [5.74, 6) is 0.769. The lowest BCUT2D eigenvalue weighted by Crippen LogP contribution is -2.23. The lowest BCUT2D eigenvalue weighted by molar-refractivity contribution is -0.125. The average Bonchev–Trinajstić information content (AvgIpc) is 1.67. The molecule has 0 saturated carbocycles. The Morgan fingerprint density at radius 1 is 1.62 bits per heavy atom. The Balaban J connectivity index is 3.33. The fourth-order valence-corrected chi connectivity index (χ4v) is 0.758. The van der Waals surface area contributed by atoms with Crippen LogP contribution in [0.3, 0.4) is 0 Å². The third kappa shape index (κ3) is 2.91. The summed E-state index contributed by atoms with van der Waals surface area (Å²) in [5.41, 5.74) is 0. The molecule has 0 aliphatic carbocycles. The van der Waals surface area contributed by atoms with E-state index >= 15 is 0 Å². The third-order valence-corrected chi connectivity index (χ3v) is 1.30. The van der Waals surface area contributed by atoms with Gasteiger partial charge in [0, 0.05) is 14.1 Å². The molecule has 0 unspecified atom stereocenters. The standard InChI is InChI=1S/C5H11NOS/c1-6(2)5(7)4-8-3/h4H2,1-3H3. The van der Waals surface area contributed by atoms with Crippen molar-refractivity contribution < 1.29 is 4.79 Å². The van der Waals surface area contributed by atoms with Crippen LogP contribution in [0.4, 0.5) is 0 Å². The van der Waals surface area contributed by atoms with Crippen molar-refractivity contribution in [3.05, 3.63) is 0 Å². The Labute approximate surface area is 54.2 Å². The molecule has 0 rings (SSSR count). The number of carbonyl (C=O) groups is 1. The van der Waals surface area contributed by atoms with Crippen molar-refractivity contribution in [2.45, 2.75) is 0 Å². The molecule has 3 heteroatoms. The second-order valence-corrected chi connectivity index (χ2v) is 2.59. The minimum Gasteiger partial charge on any atom is -0.348 e. The molecule has 0 bridgehead atoms. The van der Waals surface area contributed by atoms with Crippen molar-refractivity contribution in [1.29, 1.82) is 0 Å². The van der Waals surface area contributed by atoms with Crippen LogP contribution >= 0.6 is 11.8 Å². The maximum absolute atomic E-state index is 10.6.